The van der Waals surface area contributed by atoms with Crippen molar-refractivity contribution in [3.8, 4) is 0 Å². The van der Waals surface area contributed by atoms with Gasteiger partial charge in [-0.15, -0.1) is 11.3 Å². The van der Waals surface area contributed by atoms with Crippen LogP contribution < -0.4 is 11.1 Å². The maximum absolute atomic E-state index is 6.00. The molecule has 0 spiro atoms. The first-order valence-corrected chi connectivity index (χ1v) is 10.4. The molecule has 2 heterocycles. The lowest BCUT2D eigenvalue weighted by Gasteiger charge is -2.30. The SMILES string of the molecule is CC1CCN(Cc2cccc(CN=C(N)NCCc3cccs3)c2)CC1. The van der Waals surface area contributed by atoms with Gasteiger partial charge in [-0.25, -0.2) is 4.99 Å². The molecular weight excluding hydrogens is 340 g/mol. The van der Waals surface area contributed by atoms with Crippen molar-refractivity contribution in [2.24, 2.45) is 16.6 Å². The summed E-state index contributed by atoms with van der Waals surface area (Å²) in [5, 5.41) is 5.30. The molecule has 2 aromatic rings. The largest absolute Gasteiger partial charge is 0.370 e. The van der Waals surface area contributed by atoms with Crippen molar-refractivity contribution in [3.63, 3.8) is 0 Å². The van der Waals surface area contributed by atoms with E-state index in [4.69, 9.17) is 5.73 Å². The first-order valence-electron chi connectivity index (χ1n) is 9.55. The summed E-state index contributed by atoms with van der Waals surface area (Å²) in [4.78, 5) is 8.41. The molecule has 1 aliphatic rings. The predicted octanol–water partition coefficient (Wildman–Crippen LogP) is 3.63. The number of nitrogens with two attached hydrogens (primary N) is 1. The second kappa shape index (κ2) is 9.74. The Morgan fingerprint density at radius 2 is 2.04 bits per heavy atom. The minimum atomic E-state index is 0.525. The van der Waals surface area contributed by atoms with E-state index in [0.717, 1.165) is 25.4 Å². The summed E-state index contributed by atoms with van der Waals surface area (Å²) in [7, 11) is 0. The van der Waals surface area contributed by atoms with Crippen molar-refractivity contribution in [2.45, 2.75) is 39.3 Å². The predicted molar refractivity (Wildman–Crippen MR) is 111 cm³/mol. The number of hydrogen-bond donors (Lipinski definition) is 2. The maximum atomic E-state index is 6.00. The molecule has 1 aromatic heterocycles. The van der Waals surface area contributed by atoms with Gasteiger partial charge in [-0.1, -0.05) is 37.3 Å². The zero-order valence-corrected chi connectivity index (χ0v) is 16.5. The van der Waals surface area contributed by atoms with Crippen LogP contribution in [0.2, 0.25) is 0 Å². The van der Waals surface area contributed by atoms with Crippen LogP contribution in [0.5, 0.6) is 0 Å². The number of guanidine groups is 1. The van der Waals surface area contributed by atoms with Crippen LogP contribution in [0, 0.1) is 5.92 Å². The number of piperidine rings is 1. The molecule has 0 aliphatic carbocycles. The summed E-state index contributed by atoms with van der Waals surface area (Å²) in [6.07, 6.45) is 3.62. The summed E-state index contributed by atoms with van der Waals surface area (Å²) >= 11 is 1.78. The van der Waals surface area contributed by atoms with Gasteiger partial charge in [0.1, 0.15) is 0 Å². The van der Waals surface area contributed by atoms with Crippen LogP contribution >= 0.6 is 11.3 Å². The maximum Gasteiger partial charge on any atom is 0.188 e. The fourth-order valence-corrected chi connectivity index (χ4v) is 4.01. The number of rotatable bonds is 7. The second-order valence-corrected chi connectivity index (χ2v) is 8.27. The van der Waals surface area contributed by atoms with E-state index in [1.165, 1.54) is 41.9 Å². The van der Waals surface area contributed by atoms with Gasteiger partial charge in [0.2, 0.25) is 0 Å². The standard InChI is InChI=1S/C21H30N4S/c1-17-8-11-25(12-9-17)16-19-5-2-4-18(14-19)15-24-21(22)23-10-7-20-6-3-13-26-20/h2-6,13-14,17H,7-12,15-16H2,1H3,(H3,22,23,24). The number of likely N-dealkylation sites (tertiary alicyclic amines) is 1. The van der Waals surface area contributed by atoms with Gasteiger partial charge in [0, 0.05) is 18.0 Å². The van der Waals surface area contributed by atoms with E-state index < -0.39 is 0 Å². The fourth-order valence-electron chi connectivity index (χ4n) is 3.31. The molecular formula is C21H30N4S. The minimum absolute atomic E-state index is 0.525. The molecule has 1 saturated heterocycles. The molecule has 0 atom stereocenters. The second-order valence-electron chi connectivity index (χ2n) is 7.24. The Morgan fingerprint density at radius 3 is 2.81 bits per heavy atom. The molecule has 5 heteroatoms. The first-order chi connectivity index (χ1) is 12.7. The molecule has 1 aromatic carbocycles. The number of nitrogens with zero attached hydrogens (tertiary/aromatic N) is 2. The zero-order chi connectivity index (χ0) is 18.2. The van der Waals surface area contributed by atoms with Gasteiger partial charge in [-0.3, -0.25) is 4.90 Å². The molecule has 140 valence electrons. The Kier molecular flexibility index (Phi) is 7.09. The molecule has 0 saturated carbocycles. The van der Waals surface area contributed by atoms with Crippen molar-refractivity contribution >= 4 is 17.3 Å². The fraction of sp³-hybridized carbons (Fsp3) is 0.476. The van der Waals surface area contributed by atoms with Crippen LogP contribution in [0.15, 0.2) is 46.8 Å². The molecule has 0 bridgehead atoms. The Hall–Kier alpha value is -1.85. The number of hydrogen-bond acceptors (Lipinski definition) is 3. The molecule has 4 nitrogen and oxygen atoms in total. The third-order valence-electron chi connectivity index (χ3n) is 4.96. The monoisotopic (exact) mass is 370 g/mol. The van der Waals surface area contributed by atoms with Crippen LogP contribution in [0.1, 0.15) is 35.8 Å². The first kappa shape index (κ1) is 18.9. The van der Waals surface area contributed by atoms with Crippen LogP contribution in [0.3, 0.4) is 0 Å². The lowest BCUT2D eigenvalue weighted by atomic mass is 9.98. The van der Waals surface area contributed by atoms with E-state index in [1.807, 2.05) is 0 Å². The number of benzene rings is 1. The number of thiophene rings is 1. The van der Waals surface area contributed by atoms with Crippen LogP contribution in [0.4, 0.5) is 0 Å². The van der Waals surface area contributed by atoms with Crippen molar-refractivity contribution in [1.29, 1.82) is 0 Å². The Bertz CT molecular complexity index is 688. The summed E-state index contributed by atoms with van der Waals surface area (Å²) in [5.74, 6) is 1.40. The van der Waals surface area contributed by atoms with Gasteiger partial charge in [0.05, 0.1) is 6.54 Å². The Morgan fingerprint density at radius 1 is 1.23 bits per heavy atom. The highest BCUT2D eigenvalue weighted by Crippen LogP contribution is 2.18. The van der Waals surface area contributed by atoms with Crippen LogP contribution in [-0.2, 0) is 19.5 Å². The van der Waals surface area contributed by atoms with Gasteiger partial charge in [-0.2, -0.15) is 0 Å². The highest BCUT2D eigenvalue weighted by Gasteiger charge is 2.15. The lowest BCUT2D eigenvalue weighted by Crippen LogP contribution is -2.33. The molecule has 3 N–H and O–H groups in total. The highest BCUT2D eigenvalue weighted by atomic mass is 32.1. The van der Waals surface area contributed by atoms with Crippen molar-refractivity contribution in [3.05, 3.63) is 57.8 Å². The smallest absolute Gasteiger partial charge is 0.188 e. The normalized spacial score (nSPS) is 16.7. The van der Waals surface area contributed by atoms with E-state index in [2.05, 4.69) is 63.9 Å². The summed E-state index contributed by atoms with van der Waals surface area (Å²) in [5.41, 5.74) is 8.59. The average Bonchev–Trinajstić information content (AvgIpc) is 3.16. The average molecular weight is 371 g/mol. The Balaban J connectivity index is 1.45. The van der Waals surface area contributed by atoms with E-state index in [9.17, 15) is 0 Å². The van der Waals surface area contributed by atoms with Gasteiger partial charge in [-0.05, 0) is 60.8 Å². The molecule has 3 rings (SSSR count). The third-order valence-corrected chi connectivity index (χ3v) is 5.90. The molecule has 1 fully saturated rings. The van der Waals surface area contributed by atoms with Crippen molar-refractivity contribution in [1.82, 2.24) is 10.2 Å². The van der Waals surface area contributed by atoms with Gasteiger partial charge < -0.3 is 11.1 Å². The lowest BCUT2D eigenvalue weighted by molar-refractivity contribution is 0.185. The number of aliphatic imine (C=N–C) groups is 1. The zero-order valence-electron chi connectivity index (χ0n) is 15.7. The quantitative estimate of drug-likeness (QED) is 0.578. The van der Waals surface area contributed by atoms with E-state index >= 15 is 0 Å². The molecule has 26 heavy (non-hydrogen) atoms. The third kappa shape index (κ3) is 6.15. The molecule has 1 aliphatic heterocycles. The number of nitrogens with one attached hydrogen (secondary N) is 1. The molecule has 0 unspecified atom stereocenters. The minimum Gasteiger partial charge on any atom is -0.370 e. The van der Waals surface area contributed by atoms with Crippen molar-refractivity contribution < 1.29 is 0 Å². The topological polar surface area (TPSA) is 53.6 Å². The van der Waals surface area contributed by atoms with Crippen molar-refractivity contribution in [2.75, 3.05) is 19.6 Å². The van der Waals surface area contributed by atoms with Gasteiger partial charge in [0.15, 0.2) is 5.96 Å². The molecule has 0 amide bonds. The summed E-state index contributed by atoms with van der Waals surface area (Å²) in [6, 6.07) is 13.0. The highest BCUT2D eigenvalue weighted by molar-refractivity contribution is 7.09. The van der Waals surface area contributed by atoms with Crippen LogP contribution in [0.25, 0.3) is 0 Å². The molecule has 0 radical (unpaired) electrons. The van der Waals surface area contributed by atoms with E-state index in [1.54, 1.807) is 11.3 Å². The van der Waals surface area contributed by atoms with E-state index in [-0.39, 0.29) is 0 Å². The summed E-state index contributed by atoms with van der Waals surface area (Å²) < 4.78 is 0. The van der Waals surface area contributed by atoms with Gasteiger partial charge >= 0.3 is 0 Å². The Labute approximate surface area is 161 Å². The van der Waals surface area contributed by atoms with Crippen LogP contribution in [-0.4, -0.2) is 30.5 Å². The van der Waals surface area contributed by atoms with Gasteiger partial charge in [0.25, 0.3) is 0 Å². The summed E-state index contributed by atoms with van der Waals surface area (Å²) in [6.45, 7) is 7.27. The van der Waals surface area contributed by atoms with E-state index in [0.29, 0.717) is 12.5 Å².